The molecule has 4 heteroatoms. The van der Waals surface area contributed by atoms with Crippen LogP contribution in [0.5, 0.6) is 6.01 Å². The molecule has 0 aliphatic heterocycles. The number of allylic oxidation sites excluding steroid dienone is 1. The van der Waals surface area contributed by atoms with Gasteiger partial charge in [0, 0.05) is 18.0 Å². The molecule has 13 heavy (non-hydrogen) atoms. The molecule has 0 radical (unpaired) electrons. The maximum Gasteiger partial charge on any atom is 0.316 e. The van der Waals surface area contributed by atoms with Crippen molar-refractivity contribution in [2.45, 2.75) is 6.42 Å². The maximum atomic E-state index is 4.84. The van der Waals surface area contributed by atoms with E-state index >= 15 is 0 Å². The number of hydrogen-bond acceptors (Lipinski definition) is 4. The Morgan fingerprint density at radius 3 is 2.69 bits per heavy atom. The second-order valence-electron chi connectivity index (χ2n) is 2.42. The fraction of sp³-hybridized carbons (Fsp3) is 0.333. The van der Waals surface area contributed by atoms with Crippen LogP contribution >= 0.6 is 12.6 Å². The van der Waals surface area contributed by atoms with Crippen molar-refractivity contribution in [3.05, 3.63) is 24.0 Å². The molecule has 70 valence electrons. The lowest BCUT2D eigenvalue weighted by molar-refractivity contribution is 0.379. The number of nitrogens with zero attached hydrogens (tertiary/aromatic N) is 2. The zero-order chi connectivity index (χ0) is 9.52. The minimum Gasteiger partial charge on any atom is -0.467 e. The Labute approximate surface area is 83.3 Å². The molecule has 0 fully saturated rings. The van der Waals surface area contributed by atoms with Gasteiger partial charge in [-0.15, -0.1) is 0 Å². The van der Waals surface area contributed by atoms with Crippen LogP contribution in [0.25, 0.3) is 6.08 Å². The molecule has 0 aromatic carbocycles. The van der Waals surface area contributed by atoms with E-state index in [1.807, 2.05) is 12.2 Å². The molecule has 3 nitrogen and oxygen atoms in total. The molecule has 0 aliphatic carbocycles. The third-order valence-electron chi connectivity index (χ3n) is 1.44. The molecule has 0 atom stereocenters. The molecule has 0 saturated carbocycles. The van der Waals surface area contributed by atoms with E-state index in [-0.39, 0.29) is 0 Å². The quantitative estimate of drug-likeness (QED) is 0.746. The summed E-state index contributed by atoms with van der Waals surface area (Å²) >= 11 is 4.10. The first-order valence-electron chi connectivity index (χ1n) is 4.00. The van der Waals surface area contributed by atoms with Gasteiger partial charge in [-0.05, 0) is 12.2 Å². The van der Waals surface area contributed by atoms with Gasteiger partial charge in [-0.25, -0.2) is 9.97 Å². The highest BCUT2D eigenvalue weighted by molar-refractivity contribution is 7.80. The molecule has 0 bridgehead atoms. The molecule has 0 saturated heterocycles. The summed E-state index contributed by atoms with van der Waals surface area (Å²) in [6.07, 6.45) is 8.41. The van der Waals surface area contributed by atoms with E-state index in [1.54, 1.807) is 19.5 Å². The van der Waals surface area contributed by atoms with Crippen LogP contribution in [0.2, 0.25) is 0 Å². The average Bonchev–Trinajstić information content (AvgIpc) is 2.19. The molecule has 0 aliphatic rings. The molecular formula is C9H12N2OS. The topological polar surface area (TPSA) is 35.0 Å². The van der Waals surface area contributed by atoms with Crippen LogP contribution in [0, 0.1) is 0 Å². The van der Waals surface area contributed by atoms with Gasteiger partial charge >= 0.3 is 6.01 Å². The van der Waals surface area contributed by atoms with Gasteiger partial charge in [-0.3, -0.25) is 0 Å². The minimum absolute atomic E-state index is 0.395. The van der Waals surface area contributed by atoms with Crippen molar-refractivity contribution in [2.75, 3.05) is 12.9 Å². The molecular weight excluding hydrogens is 184 g/mol. The van der Waals surface area contributed by atoms with E-state index in [2.05, 4.69) is 22.6 Å². The van der Waals surface area contributed by atoms with Gasteiger partial charge in [0.25, 0.3) is 0 Å². The van der Waals surface area contributed by atoms with Crippen LogP contribution in [-0.2, 0) is 0 Å². The summed E-state index contributed by atoms with van der Waals surface area (Å²) < 4.78 is 4.84. The van der Waals surface area contributed by atoms with Crippen LogP contribution in [0.1, 0.15) is 12.0 Å². The number of ether oxygens (including phenoxy) is 1. The normalized spacial score (nSPS) is 10.6. The maximum absolute atomic E-state index is 4.84. The van der Waals surface area contributed by atoms with E-state index in [9.17, 15) is 0 Å². The Hall–Kier alpha value is -1.03. The van der Waals surface area contributed by atoms with E-state index in [0.29, 0.717) is 6.01 Å². The Morgan fingerprint density at radius 2 is 2.15 bits per heavy atom. The summed E-state index contributed by atoms with van der Waals surface area (Å²) in [4.78, 5) is 7.94. The number of hydrogen-bond donors (Lipinski definition) is 1. The first-order valence-corrected chi connectivity index (χ1v) is 4.63. The van der Waals surface area contributed by atoms with Gasteiger partial charge in [0.15, 0.2) is 0 Å². The fourth-order valence-electron chi connectivity index (χ4n) is 0.812. The summed E-state index contributed by atoms with van der Waals surface area (Å²) in [5.74, 6) is 0.855. The van der Waals surface area contributed by atoms with Gasteiger partial charge < -0.3 is 4.74 Å². The van der Waals surface area contributed by atoms with Crippen molar-refractivity contribution < 1.29 is 4.74 Å². The molecule has 1 heterocycles. The lowest BCUT2D eigenvalue weighted by Crippen LogP contribution is -1.90. The third-order valence-corrected chi connectivity index (χ3v) is 1.69. The van der Waals surface area contributed by atoms with Crippen molar-refractivity contribution >= 4 is 18.7 Å². The standard InChI is InChI=1S/C9H12N2OS/c1-12-9-10-6-8(7-11-9)4-2-3-5-13/h2,4,6-7,13H,3,5H2,1H3. The Bertz CT molecular complexity index is 271. The van der Waals surface area contributed by atoms with Crippen molar-refractivity contribution in [2.24, 2.45) is 0 Å². The van der Waals surface area contributed by atoms with Gasteiger partial charge in [0.05, 0.1) is 7.11 Å². The Morgan fingerprint density at radius 1 is 1.46 bits per heavy atom. The van der Waals surface area contributed by atoms with Gasteiger partial charge in [0.1, 0.15) is 0 Å². The summed E-state index contributed by atoms with van der Waals surface area (Å²) in [5, 5.41) is 0. The van der Waals surface area contributed by atoms with Gasteiger partial charge in [-0.1, -0.05) is 12.2 Å². The van der Waals surface area contributed by atoms with Crippen LogP contribution in [-0.4, -0.2) is 22.8 Å². The van der Waals surface area contributed by atoms with Crippen LogP contribution < -0.4 is 4.74 Å². The van der Waals surface area contributed by atoms with Crippen molar-refractivity contribution in [3.63, 3.8) is 0 Å². The lowest BCUT2D eigenvalue weighted by atomic mass is 10.3. The average molecular weight is 196 g/mol. The number of thiol groups is 1. The number of methoxy groups -OCH3 is 1. The molecule has 0 unspecified atom stereocenters. The number of rotatable bonds is 4. The van der Waals surface area contributed by atoms with Crippen molar-refractivity contribution in [1.29, 1.82) is 0 Å². The molecule has 1 rings (SSSR count). The molecule has 0 amide bonds. The van der Waals surface area contributed by atoms with Gasteiger partial charge in [0.2, 0.25) is 0 Å². The molecule has 0 N–H and O–H groups in total. The van der Waals surface area contributed by atoms with E-state index in [4.69, 9.17) is 4.74 Å². The third kappa shape index (κ3) is 3.46. The second-order valence-corrected chi connectivity index (χ2v) is 2.86. The summed E-state index contributed by atoms with van der Waals surface area (Å²) in [7, 11) is 1.55. The summed E-state index contributed by atoms with van der Waals surface area (Å²) in [5.41, 5.74) is 0.975. The van der Waals surface area contributed by atoms with Gasteiger partial charge in [-0.2, -0.15) is 12.6 Å². The predicted molar refractivity (Wildman–Crippen MR) is 56.1 cm³/mol. The monoisotopic (exact) mass is 196 g/mol. The highest BCUT2D eigenvalue weighted by Crippen LogP contribution is 2.03. The summed E-state index contributed by atoms with van der Waals surface area (Å²) in [6.45, 7) is 0. The lowest BCUT2D eigenvalue weighted by Gasteiger charge is -1.96. The zero-order valence-corrected chi connectivity index (χ0v) is 8.37. The second kappa shape index (κ2) is 5.59. The molecule has 1 aromatic rings. The zero-order valence-electron chi connectivity index (χ0n) is 7.47. The van der Waals surface area contributed by atoms with Crippen LogP contribution in [0.15, 0.2) is 18.5 Å². The molecule has 0 spiro atoms. The predicted octanol–water partition coefficient (Wildman–Crippen LogP) is 1.82. The summed E-state index contributed by atoms with van der Waals surface area (Å²) in [6, 6.07) is 0.395. The number of aromatic nitrogens is 2. The first kappa shape index (κ1) is 10.1. The largest absolute Gasteiger partial charge is 0.467 e. The van der Waals surface area contributed by atoms with E-state index in [0.717, 1.165) is 17.7 Å². The smallest absolute Gasteiger partial charge is 0.316 e. The highest BCUT2D eigenvalue weighted by Gasteiger charge is 1.92. The Kier molecular flexibility index (Phi) is 4.32. The van der Waals surface area contributed by atoms with Crippen molar-refractivity contribution in [3.8, 4) is 6.01 Å². The molecule has 1 aromatic heterocycles. The van der Waals surface area contributed by atoms with E-state index < -0.39 is 0 Å². The van der Waals surface area contributed by atoms with E-state index in [1.165, 1.54) is 0 Å². The first-order chi connectivity index (χ1) is 6.36. The Balaban J connectivity index is 2.58. The SMILES string of the molecule is COc1ncc(C=CCCS)cn1. The highest BCUT2D eigenvalue weighted by atomic mass is 32.1. The van der Waals surface area contributed by atoms with Crippen molar-refractivity contribution in [1.82, 2.24) is 9.97 Å². The fourth-order valence-corrected chi connectivity index (χ4v) is 0.961. The van der Waals surface area contributed by atoms with Crippen LogP contribution in [0.3, 0.4) is 0 Å². The minimum atomic E-state index is 0.395. The van der Waals surface area contributed by atoms with Crippen LogP contribution in [0.4, 0.5) is 0 Å².